The summed E-state index contributed by atoms with van der Waals surface area (Å²) in [6.07, 6.45) is 3.24. The van der Waals surface area contributed by atoms with Gasteiger partial charge in [-0.05, 0) is 51.9 Å². The summed E-state index contributed by atoms with van der Waals surface area (Å²) in [5, 5.41) is 43.5. The summed E-state index contributed by atoms with van der Waals surface area (Å²) in [5.41, 5.74) is -1.64. The Balaban J connectivity index is 5.78. The number of nitrogens with zero attached hydrogens (tertiary/aromatic N) is 2. The Morgan fingerprint density at radius 3 is 1.27 bits per heavy atom. The van der Waals surface area contributed by atoms with Crippen molar-refractivity contribution >= 4 is 0 Å². The highest BCUT2D eigenvalue weighted by Gasteiger charge is 2.49. The number of hydrogen-bond donors (Lipinski definition) is 4. The van der Waals surface area contributed by atoms with Gasteiger partial charge in [0.25, 0.3) is 0 Å². The molecule has 0 saturated carbocycles. The van der Waals surface area contributed by atoms with Gasteiger partial charge in [-0.3, -0.25) is 0 Å². The standard InChI is InChI=1S/C24H52N2O4/c1-7-13-15-26(16-14-8-2)18-24(10-4,20-28)22(30)21(29)23(9-3,19-27)17-25(11-5)12-6/h21-22,27-30H,7-20H2,1-6H3. The average molecular weight is 433 g/mol. The highest BCUT2D eigenvalue weighted by Crippen LogP contribution is 2.38. The van der Waals surface area contributed by atoms with E-state index < -0.39 is 23.0 Å². The van der Waals surface area contributed by atoms with Crippen LogP contribution < -0.4 is 0 Å². The Morgan fingerprint density at radius 2 is 1.00 bits per heavy atom. The van der Waals surface area contributed by atoms with Crippen LogP contribution in [0, 0.1) is 10.8 Å². The van der Waals surface area contributed by atoms with Crippen LogP contribution in [0.5, 0.6) is 0 Å². The monoisotopic (exact) mass is 432 g/mol. The Kier molecular flexibility index (Phi) is 15.4. The fourth-order valence-corrected chi connectivity index (χ4v) is 4.38. The van der Waals surface area contributed by atoms with Gasteiger partial charge in [0.15, 0.2) is 0 Å². The zero-order valence-electron chi connectivity index (χ0n) is 20.7. The minimum absolute atomic E-state index is 0.188. The van der Waals surface area contributed by atoms with E-state index in [1.165, 1.54) is 0 Å². The molecular formula is C24H52N2O4. The molecule has 6 nitrogen and oxygen atoms in total. The summed E-state index contributed by atoms with van der Waals surface area (Å²) in [7, 11) is 0. The number of hydrogen-bond acceptors (Lipinski definition) is 6. The van der Waals surface area contributed by atoms with Crippen LogP contribution in [-0.4, -0.2) is 94.9 Å². The van der Waals surface area contributed by atoms with Crippen LogP contribution in [-0.2, 0) is 0 Å². The molecule has 0 amide bonds. The number of unbranched alkanes of at least 4 members (excludes halogenated alkanes) is 2. The van der Waals surface area contributed by atoms with Gasteiger partial charge in [-0.25, -0.2) is 0 Å². The maximum Gasteiger partial charge on any atom is 0.0896 e. The van der Waals surface area contributed by atoms with E-state index in [-0.39, 0.29) is 13.2 Å². The Labute approximate surface area is 186 Å². The van der Waals surface area contributed by atoms with E-state index in [4.69, 9.17) is 0 Å². The molecular weight excluding hydrogens is 380 g/mol. The van der Waals surface area contributed by atoms with E-state index in [0.29, 0.717) is 25.9 Å². The zero-order valence-corrected chi connectivity index (χ0v) is 20.7. The van der Waals surface area contributed by atoms with E-state index in [2.05, 4.69) is 37.5 Å². The van der Waals surface area contributed by atoms with Gasteiger partial charge < -0.3 is 30.2 Å². The van der Waals surface area contributed by atoms with Crippen molar-refractivity contribution in [2.45, 2.75) is 92.3 Å². The van der Waals surface area contributed by atoms with Gasteiger partial charge in [-0.1, -0.05) is 54.4 Å². The minimum atomic E-state index is -1.11. The maximum atomic E-state index is 11.4. The molecule has 4 unspecified atom stereocenters. The Hall–Kier alpha value is -0.240. The average Bonchev–Trinajstić information content (AvgIpc) is 2.79. The third-order valence-corrected chi connectivity index (χ3v) is 7.22. The number of rotatable bonds is 19. The van der Waals surface area contributed by atoms with Gasteiger partial charge in [0.2, 0.25) is 0 Å². The number of aliphatic hydroxyl groups is 4. The van der Waals surface area contributed by atoms with Crippen LogP contribution in [0.2, 0.25) is 0 Å². The molecule has 0 fully saturated rings. The topological polar surface area (TPSA) is 87.4 Å². The summed E-state index contributed by atoms with van der Waals surface area (Å²) < 4.78 is 0. The van der Waals surface area contributed by atoms with Gasteiger partial charge in [-0.2, -0.15) is 0 Å². The second-order valence-corrected chi connectivity index (χ2v) is 9.08. The molecule has 4 atom stereocenters. The van der Waals surface area contributed by atoms with Crippen LogP contribution in [0.3, 0.4) is 0 Å². The van der Waals surface area contributed by atoms with Crippen LogP contribution in [0.25, 0.3) is 0 Å². The third-order valence-electron chi connectivity index (χ3n) is 7.22. The summed E-state index contributed by atoms with van der Waals surface area (Å²) in [6, 6.07) is 0. The van der Waals surface area contributed by atoms with Gasteiger partial charge >= 0.3 is 0 Å². The third kappa shape index (κ3) is 8.03. The van der Waals surface area contributed by atoms with Crippen molar-refractivity contribution in [3.05, 3.63) is 0 Å². The van der Waals surface area contributed by atoms with Crippen LogP contribution in [0.1, 0.15) is 80.1 Å². The first-order chi connectivity index (χ1) is 14.3. The van der Waals surface area contributed by atoms with Crippen molar-refractivity contribution < 1.29 is 20.4 Å². The normalized spacial score (nSPS) is 18.4. The molecule has 0 aromatic carbocycles. The van der Waals surface area contributed by atoms with Crippen molar-refractivity contribution in [1.29, 1.82) is 0 Å². The first-order valence-corrected chi connectivity index (χ1v) is 12.3. The molecule has 4 N–H and O–H groups in total. The van der Waals surface area contributed by atoms with E-state index in [1.807, 2.05) is 13.8 Å². The highest BCUT2D eigenvalue weighted by atomic mass is 16.3. The molecule has 0 bridgehead atoms. The van der Waals surface area contributed by atoms with E-state index in [0.717, 1.165) is 51.9 Å². The zero-order chi connectivity index (χ0) is 23.2. The molecule has 6 heteroatoms. The molecule has 30 heavy (non-hydrogen) atoms. The summed E-state index contributed by atoms with van der Waals surface area (Å²) in [4.78, 5) is 4.51. The molecule has 0 heterocycles. The number of aliphatic hydroxyl groups excluding tert-OH is 4. The summed E-state index contributed by atoms with van der Waals surface area (Å²) >= 11 is 0. The molecule has 0 aliphatic heterocycles. The fourth-order valence-electron chi connectivity index (χ4n) is 4.38. The smallest absolute Gasteiger partial charge is 0.0896 e. The molecule has 0 aliphatic carbocycles. The van der Waals surface area contributed by atoms with Crippen LogP contribution in [0.15, 0.2) is 0 Å². The maximum absolute atomic E-state index is 11.4. The molecule has 0 aliphatic rings. The highest BCUT2D eigenvalue weighted by molar-refractivity contribution is 5.00. The lowest BCUT2D eigenvalue weighted by atomic mass is 9.68. The van der Waals surface area contributed by atoms with E-state index in [9.17, 15) is 20.4 Å². The van der Waals surface area contributed by atoms with E-state index >= 15 is 0 Å². The summed E-state index contributed by atoms with van der Waals surface area (Å²) in [5.74, 6) is 0. The van der Waals surface area contributed by atoms with Gasteiger partial charge in [0.05, 0.1) is 25.4 Å². The summed E-state index contributed by atoms with van der Waals surface area (Å²) in [6.45, 7) is 16.6. The van der Waals surface area contributed by atoms with E-state index in [1.54, 1.807) is 0 Å². The molecule has 0 aromatic heterocycles. The quantitative estimate of drug-likeness (QED) is 0.251. The minimum Gasteiger partial charge on any atom is -0.396 e. The molecule has 0 radical (unpaired) electrons. The van der Waals surface area contributed by atoms with Crippen molar-refractivity contribution in [2.75, 3.05) is 52.5 Å². The Bertz CT molecular complexity index is 402. The predicted octanol–water partition coefficient (Wildman–Crippen LogP) is 2.73. The molecule has 0 aromatic rings. The fraction of sp³-hybridized carbons (Fsp3) is 1.00. The predicted molar refractivity (Wildman–Crippen MR) is 126 cm³/mol. The van der Waals surface area contributed by atoms with Crippen LogP contribution >= 0.6 is 0 Å². The van der Waals surface area contributed by atoms with Crippen molar-refractivity contribution in [3.63, 3.8) is 0 Å². The molecule has 0 saturated heterocycles. The Morgan fingerprint density at radius 1 is 0.633 bits per heavy atom. The lowest BCUT2D eigenvalue weighted by molar-refractivity contribution is -0.158. The van der Waals surface area contributed by atoms with Gasteiger partial charge in [0, 0.05) is 23.9 Å². The van der Waals surface area contributed by atoms with Crippen LogP contribution in [0.4, 0.5) is 0 Å². The van der Waals surface area contributed by atoms with Crippen molar-refractivity contribution in [1.82, 2.24) is 9.80 Å². The second-order valence-electron chi connectivity index (χ2n) is 9.08. The lowest BCUT2D eigenvalue weighted by Gasteiger charge is -2.48. The largest absolute Gasteiger partial charge is 0.396 e. The first-order valence-electron chi connectivity index (χ1n) is 12.3. The molecule has 182 valence electrons. The van der Waals surface area contributed by atoms with Crippen molar-refractivity contribution in [2.24, 2.45) is 10.8 Å². The van der Waals surface area contributed by atoms with Gasteiger partial charge in [0.1, 0.15) is 0 Å². The van der Waals surface area contributed by atoms with Crippen molar-refractivity contribution in [3.8, 4) is 0 Å². The van der Waals surface area contributed by atoms with Gasteiger partial charge in [-0.15, -0.1) is 0 Å². The SMILES string of the molecule is CCCCN(CCCC)CC(CC)(CO)C(O)C(O)C(CC)(CO)CN(CC)CC. The molecule has 0 spiro atoms. The first kappa shape index (κ1) is 29.8. The second kappa shape index (κ2) is 15.5. The molecule has 0 rings (SSSR count). The lowest BCUT2D eigenvalue weighted by Crippen LogP contribution is -2.60.